The van der Waals surface area contributed by atoms with E-state index < -0.39 is 6.10 Å². The lowest BCUT2D eigenvalue weighted by Crippen LogP contribution is -1.90. The summed E-state index contributed by atoms with van der Waals surface area (Å²) in [5.41, 5.74) is 0.644. The highest BCUT2D eigenvalue weighted by molar-refractivity contribution is 5.21. The van der Waals surface area contributed by atoms with Crippen LogP contribution in [0.1, 0.15) is 39.4 Å². The number of benzene rings is 1. The monoisotopic (exact) mass is 193 g/mol. The molecular weight excluding hydrogens is 174 g/mol. The predicted octanol–water partition coefficient (Wildman–Crippen LogP) is 3.30. The third-order valence-corrected chi connectivity index (χ3v) is 1.24. The average Bonchev–Trinajstić information content (AvgIpc) is 2.34. The van der Waals surface area contributed by atoms with Crippen LogP contribution in [0, 0.1) is 11.3 Å². The Bertz CT molecular complexity index is 238. The Morgan fingerprint density at radius 1 is 1.07 bits per heavy atom. The van der Waals surface area contributed by atoms with Crippen LogP contribution in [0.5, 0.6) is 0 Å². The summed E-state index contributed by atoms with van der Waals surface area (Å²) in [6.07, 6.45) is -0.985. The molecule has 0 fully saturated rings. The van der Waals surface area contributed by atoms with E-state index in [1.807, 2.05) is 33.8 Å². The predicted molar refractivity (Wildman–Crippen MR) is 59.7 cm³/mol. The largest absolute Gasteiger partial charge is 0.374 e. The molecule has 0 aliphatic heterocycles. The Balaban J connectivity index is 0. The third kappa shape index (κ3) is 6.22. The van der Waals surface area contributed by atoms with Gasteiger partial charge in [0.2, 0.25) is 0 Å². The molecular formula is C12H19NO. The van der Waals surface area contributed by atoms with Crippen LogP contribution in [0.15, 0.2) is 30.3 Å². The summed E-state index contributed by atoms with van der Waals surface area (Å²) in [6.45, 7) is 8.00. The first-order valence-corrected chi connectivity index (χ1v) is 4.97. The zero-order valence-electron chi connectivity index (χ0n) is 9.36. The first-order chi connectivity index (χ1) is 6.84. The van der Waals surface area contributed by atoms with Crippen LogP contribution < -0.4 is 0 Å². The summed E-state index contributed by atoms with van der Waals surface area (Å²) < 4.78 is 0. The molecule has 0 saturated heterocycles. The first-order valence-electron chi connectivity index (χ1n) is 4.97. The molecule has 0 heterocycles. The molecule has 0 aliphatic rings. The lowest BCUT2D eigenvalue weighted by atomic mass is 10.1. The SMILES string of the molecule is CC.CC.N#CC(O)c1ccccc1. The standard InChI is InChI=1S/C8H7NO.2C2H6/c9-6-8(10)7-4-2-1-3-5-7;2*1-2/h1-5,8,10H;2*1-2H3. The van der Waals surface area contributed by atoms with Crippen LogP contribution in [0.4, 0.5) is 0 Å². The summed E-state index contributed by atoms with van der Waals surface area (Å²) in [7, 11) is 0. The van der Waals surface area contributed by atoms with Crippen molar-refractivity contribution < 1.29 is 5.11 Å². The van der Waals surface area contributed by atoms with E-state index in [4.69, 9.17) is 10.4 Å². The van der Waals surface area contributed by atoms with Gasteiger partial charge in [-0.3, -0.25) is 0 Å². The molecule has 2 heteroatoms. The summed E-state index contributed by atoms with van der Waals surface area (Å²) in [6, 6.07) is 10.6. The van der Waals surface area contributed by atoms with Gasteiger partial charge in [-0.15, -0.1) is 0 Å². The normalized spacial score (nSPS) is 9.43. The van der Waals surface area contributed by atoms with Crippen molar-refractivity contribution in [2.24, 2.45) is 0 Å². The van der Waals surface area contributed by atoms with E-state index in [0.29, 0.717) is 5.56 Å². The van der Waals surface area contributed by atoms with Crippen molar-refractivity contribution in [1.29, 1.82) is 5.26 Å². The van der Waals surface area contributed by atoms with Crippen molar-refractivity contribution in [2.45, 2.75) is 33.8 Å². The second kappa shape index (κ2) is 11.7. The molecule has 0 spiro atoms. The molecule has 0 saturated carbocycles. The molecule has 1 unspecified atom stereocenters. The molecule has 1 N–H and O–H groups in total. The van der Waals surface area contributed by atoms with Crippen molar-refractivity contribution in [2.75, 3.05) is 0 Å². The van der Waals surface area contributed by atoms with Gasteiger partial charge in [0.05, 0.1) is 6.07 Å². The molecule has 1 rings (SSSR count). The van der Waals surface area contributed by atoms with Gasteiger partial charge < -0.3 is 5.11 Å². The second-order valence-corrected chi connectivity index (χ2v) is 1.94. The topological polar surface area (TPSA) is 44.0 Å². The Morgan fingerprint density at radius 2 is 1.50 bits per heavy atom. The minimum atomic E-state index is -0.985. The first kappa shape index (κ1) is 15.2. The van der Waals surface area contributed by atoms with Gasteiger partial charge in [-0.05, 0) is 5.56 Å². The number of aliphatic hydroxyl groups excluding tert-OH is 1. The van der Waals surface area contributed by atoms with Gasteiger partial charge >= 0.3 is 0 Å². The molecule has 1 atom stereocenters. The molecule has 14 heavy (non-hydrogen) atoms. The van der Waals surface area contributed by atoms with Gasteiger partial charge in [0, 0.05) is 0 Å². The fourth-order valence-electron chi connectivity index (χ4n) is 0.710. The second-order valence-electron chi connectivity index (χ2n) is 1.94. The highest BCUT2D eigenvalue weighted by atomic mass is 16.3. The number of aliphatic hydroxyl groups is 1. The molecule has 1 aromatic carbocycles. The maximum absolute atomic E-state index is 8.97. The minimum Gasteiger partial charge on any atom is -0.374 e. The molecule has 0 amide bonds. The maximum atomic E-state index is 8.97. The summed E-state index contributed by atoms with van der Waals surface area (Å²) in [4.78, 5) is 0. The van der Waals surface area contributed by atoms with E-state index >= 15 is 0 Å². The number of hydrogen-bond acceptors (Lipinski definition) is 2. The highest BCUT2D eigenvalue weighted by Crippen LogP contribution is 2.09. The molecule has 0 aliphatic carbocycles. The smallest absolute Gasteiger partial charge is 0.165 e. The number of hydrogen-bond donors (Lipinski definition) is 1. The number of rotatable bonds is 1. The van der Waals surface area contributed by atoms with Gasteiger partial charge in [0.15, 0.2) is 6.10 Å². The minimum absolute atomic E-state index is 0.644. The molecule has 1 aromatic rings. The van der Waals surface area contributed by atoms with E-state index in [-0.39, 0.29) is 0 Å². The zero-order valence-corrected chi connectivity index (χ0v) is 9.36. The average molecular weight is 193 g/mol. The lowest BCUT2D eigenvalue weighted by molar-refractivity contribution is 0.236. The van der Waals surface area contributed by atoms with E-state index in [0.717, 1.165) is 0 Å². The van der Waals surface area contributed by atoms with Gasteiger partial charge in [0.25, 0.3) is 0 Å². The molecule has 78 valence electrons. The van der Waals surface area contributed by atoms with Crippen molar-refractivity contribution in [3.8, 4) is 6.07 Å². The number of nitriles is 1. The van der Waals surface area contributed by atoms with Crippen LogP contribution in [0.2, 0.25) is 0 Å². The quantitative estimate of drug-likeness (QED) is 0.695. The summed E-state index contributed by atoms with van der Waals surface area (Å²) >= 11 is 0. The van der Waals surface area contributed by atoms with Crippen molar-refractivity contribution in [1.82, 2.24) is 0 Å². The molecule has 0 aromatic heterocycles. The van der Waals surface area contributed by atoms with Crippen molar-refractivity contribution in [3.63, 3.8) is 0 Å². The third-order valence-electron chi connectivity index (χ3n) is 1.24. The zero-order chi connectivity index (χ0) is 11.4. The van der Waals surface area contributed by atoms with Gasteiger partial charge in [-0.25, -0.2) is 0 Å². The van der Waals surface area contributed by atoms with E-state index in [9.17, 15) is 0 Å². The summed E-state index contributed by atoms with van der Waals surface area (Å²) in [5.74, 6) is 0. The Hall–Kier alpha value is -1.33. The molecule has 2 nitrogen and oxygen atoms in total. The number of nitrogens with zero attached hydrogens (tertiary/aromatic N) is 1. The van der Waals surface area contributed by atoms with E-state index in [1.165, 1.54) is 0 Å². The van der Waals surface area contributed by atoms with Gasteiger partial charge in [0.1, 0.15) is 0 Å². The fraction of sp³-hybridized carbons (Fsp3) is 0.417. The van der Waals surface area contributed by atoms with Gasteiger partial charge in [-0.1, -0.05) is 58.0 Å². The summed E-state index contributed by atoms with van der Waals surface area (Å²) in [5, 5.41) is 17.3. The maximum Gasteiger partial charge on any atom is 0.165 e. The van der Waals surface area contributed by atoms with Crippen molar-refractivity contribution >= 4 is 0 Å². The van der Waals surface area contributed by atoms with Gasteiger partial charge in [-0.2, -0.15) is 5.26 Å². The Morgan fingerprint density at radius 3 is 1.86 bits per heavy atom. The van der Waals surface area contributed by atoms with Crippen LogP contribution in [-0.4, -0.2) is 5.11 Å². The molecule has 0 bridgehead atoms. The van der Waals surface area contributed by atoms with E-state index in [2.05, 4.69) is 0 Å². The van der Waals surface area contributed by atoms with E-state index in [1.54, 1.807) is 30.3 Å². The Kier molecular flexibility index (Phi) is 12.6. The van der Waals surface area contributed by atoms with Crippen LogP contribution in [0.25, 0.3) is 0 Å². The lowest BCUT2D eigenvalue weighted by Gasteiger charge is -1.98. The van der Waals surface area contributed by atoms with Crippen LogP contribution in [0.3, 0.4) is 0 Å². The molecule has 0 radical (unpaired) electrons. The Labute approximate surface area is 86.8 Å². The van der Waals surface area contributed by atoms with Crippen LogP contribution in [-0.2, 0) is 0 Å². The fourth-order valence-corrected chi connectivity index (χ4v) is 0.710. The van der Waals surface area contributed by atoms with Crippen LogP contribution >= 0.6 is 0 Å². The highest BCUT2D eigenvalue weighted by Gasteiger charge is 2.01. The van der Waals surface area contributed by atoms with Crippen molar-refractivity contribution in [3.05, 3.63) is 35.9 Å².